The van der Waals surface area contributed by atoms with Gasteiger partial charge in [0.1, 0.15) is 6.04 Å². The predicted octanol–water partition coefficient (Wildman–Crippen LogP) is 2.94. The summed E-state index contributed by atoms with van der Waals surface area (Å²) in [5.41, 5.74) is 2.17. The summed E-state index contributed by atoms with van der Waals surface area (Å²) >= 11 is 1.65. The third-order valence-electron chi connectivity index (χ3n) is 3.11. The molecule has 0 radical (unpaired) electrons. The zero-order valence-electron chi connectivity index (χ0n) is 10.6. The predicted molar refractivity (Wildman–Crippen MR) is 76.7 cm³/mol. The van der Waals surface area contributed by atoms with Crippen LogP contribution in [0.5, 0.6) is 0 Å². The van der Waals surface area contributed by atoms with Gasteiger partial charge in [0.05, 0.1) is 6.61 Å². The molecule has 3 nitrogen and oxygen atoms in total. The van der Waals surface area contributed by atoms with Crippen LogP contribution in [0.2, 0.25) is 0 Å². The summed E-state index contributed by atoms with van der Waals surface area (Å²) in [5.74, 6) is 0.621. The highest BCUT2D eigenvalue weighted by atomic mass is 32.1. The van der Waals surface area contributed by atoms with Crippen LogP contribution < -0.4 is 0 Å². The van der Waals surface area contributed by atoms with Crippen LogP contribution in [0.25, 0.3) is 0 Å². The van der Waals surface area contributed by atoms with Gasteiger partial charge < -0.3 is 9.84 Å². The first-order valence-electron chi connectivity index (χ1n) is 6.23. The number of hydrogen-bond donors (Lipinski definition) is 1. The number of thiophene rings is 1. The molecule has 0 amide bonds. The molecule has 1 aliphatic rings. The average molecular weight is 273 g/mol. The zero-order chi connectivity index (χ0) is 13.2. The van der Waals surface area contributed by atoms with Crippen molar-refractivity contribution in [1.29, 1.82) is 0 Å². The fourth-order valence-corrected chi connectivity index (χ4v) is 3.14. The average Bonchev–Trinajstić information content (AvgIpc) is 3.05. The van der Waals surface area contributed by atoms with E-state index in [4.69, 9.17) is 4.74 Å². The second-order valence-electron chi connectivity index (χ2n) is 4.62. The number of aliphatic hydroxyl groups is 1. The standard InChI is InChI=1S/C15H15NO2S/c1-10-7-13(19-9-10)14-12(8-17)16-15(18-14)11-5-3-2-4-6-11/h2-7,9,12,14,17H,8H2,1H3. The second-order valence-corrected chi connectivity index (χ2v) is 5.56. The van der Waals surface area contributed by atoms with E-state index in [0.29, 0.717) is 5.90 Å². The van der Waals surface area contributed by atoms with Crippen molar-refractivity contribution in [2.24, 2.45) is 4.99 Å². The summed E-state index contributed by atoms with van der Waals surface area (Å²) in [6.07, 6.45) is -0.168. The van der Waals surface area contributed by atoms with Crippen molar-refractivity contribution in [2.75, 3.05) is 6.61 Å². The van der Waals surface area contributed by atoms with Gasteiger partial charge in [-0.05, 0) is 36.1 Å². The third-order valence-corrected chi connectivity index (χ3v) is 4.22. The minimum Gasteiger partial charge on any atom is -0.466 e. The molecule has 2 unspecified atom stereocenters. The first-order valence-corrected chi connectivity index (χ1v) is 7.11. The Morgan fingerprint density at radius 3 is 2.74 bits per heavy atom. The van der Waals surface area contributed by atoms with Crippen LogP contribution in [-0.4, -0.2) is 23.7 Å². The lowest BCUT2D eigenvalue weighted by Gasteiger charge is -2.14. The molecule has 0 fully saturated rings. The van der Waals surface area contributed by atoms with Gasteiger partial charge in [-0.3, -0.25) is 0 Å². The number of hydrogen-bond acceptors (Lipinski definition) is 4. The number of nitrogens with zero attached hydrogens (tertiary/aromatic N) is 1. The summed E-state index contributed by atoms with van der Waals surface area (Å²) in [5, 5.41) is 11.6. The zero-order valence-corrected chi connectivity index (χ0v) is 11.4. The Hall–Kier alpha value is -1.65. The van der Waals surface area contributed by atoms with E-state index in [0.717, 1.165) is 10.4 Å². The van der Waals surface area contributed by atoms with E-state index in [9.17, 15) is 5.11 Å². The van der Waals surface area contributed by atoms with Gasteiger partial charge in [-0.25, -0.2) is 4.99 Å². The molecule has 0 saturated heterocycles. The normalized spacial score (nSPS) is 22.1. The molecule has 1 aromatic carbocycles. The van der Waals surface area contributed by atoms with Crippen LogP contribution in [0.1, 0.15) is 22.1 Å². The van der Waals surface area contributed by atoms with Crippen molar-refractivity contribution in [3.63, 3.8) is 0 Å². The van der Waals surface area contributed by atoms with Crippen molar-refractivity contribution in [1.82, 2.24) is 0 Å². The van der Waals surface area contributed by atoms with E-state index in [1.54, 1.807) is 11.3 Å². The summed E-state index contributed by atoms with van der Waals surface area (Å²) in [7, 11) is 0. The van der Waals surface area contributed by atoms with Gasteiger partial charge in [0.15, 0.2) is 6.10 Å². The van der Waals surface area contributed by atoms with E-state index < -0.39 is 0 Å². The lowest BCUT2D eigenvalue weighted by Crippen LogP contribution is -2.16. The fourth-order valence-electron chi connectivity index (χ4n) is 2.16. The van der Waals surface area contributed by atoms with Crippen LogP contribution in [0, 0.1) is 6.92 Å². The monoisotopic (exact) mass is 273 g/mol. The van der Waals surface area contributed by atoms with Crippen molar-refractivity contribution in [3.05, 3.63) is 57.8 Å². The summed E-state index contributed by atoms with van der Waals surface area (Å²) < 4.78 is 5.95. The molecule has 0 aliphatic carbocycles. The molecular formula is C15H15NO2S. The molecule has 3 rings (SSSR count). The molecule has 1 aliphatic heterocycles. The van der Waals surface area contributed by atoms with E-state index in [-0.39, 0.29) is 18.8 Å². The molecule has 4 heteroatoms. The van der Waals surface area contributed by atoms with Gasteiger partial charge >= 0.3 is 0 Å². The number of rotatable bonds is 3. The van der Waals surface area contributed by atoms with Gasteiger partial charge in [-0.1, -0.05) is 18.2 Å². The van der Waals surface area contributed by atoms with E-state index in [1.165, 1.54) is 5.56 Å². The highest BCUT2D eigenvalue weighted by Crippen LogP contribution is 2.34. The third kappa shape index (κ3) is 2.41. The molecule has 98 valence electrons. The maximum absolute atomic E-state index is 9.49. The first-order chi connectivity index (χ1) is 9.28. The highest BCUT2D eigenvalue weighted by Gasteiger charge is 2.33. The second kappa shape index (κ2) is 5.15. The first kappa shape index (κ1) is 12.4. The van der Waals surface area contributed by atoms with E-state index in [2.05, 4.69) is 23.4 Å². The molecule has 2 aromatic rings. The molecule has 0 spiro atoms. The van der Waals surface area contributed by atoms with Gasteiger partial charge in [-0.2, -0.15) is 0 Å². The number of ether oxygens (including phenoxy) is 1. The Kier molecular flexibility index (Phi) is 3.36. The molecular weight excluding hydrogens is 258 g/mol. The smallest absolute Gasteiger partial charge is 0.217 e. The van der Waals surface area contributed by atoms with Crippen molar-refractivity contribution in [3.8, 4) is 0 Å². The Morgan fingerprint density at radius 1 is 1.32 bits per heavy atom. The van der Waals surface area contributed by atoms with Crippen molar-refractivity contribution < 1.29 is 9.84 Å². The van der Waals surface area contributed by atoms with E-state index >= 15 is 0 Å². The minimum absolute atomic E-state index is 0.00204. The van der Waals surface area contributed by atoms with Gasteiger partial charge in [0.2, 0.25) is 5.90 Å². The number of aryl methyl sites for hydroxylation is 1. The largest absolute Gasteiger partial charge is 0.466 e. The van der Waals surface area contributed by atoms with Gasteiger partial charge in [0.25, 0.3) is 0 Å². The van der Waals surface area contributed by atoms with Crippen LogP contribution in [0.3, 0.4) is 0 Å². The summed E-state index contributed by atoms with van der Waals surface area (Å²) in [6, 6.07) is 11.7. The SMILES string of the molecule is Cc1csc(C2OC(c3ccccc3)=NC2CO)c1. The van der Waals surface area contributed by atoms with Crippen LogP contribution in [0.4, 0.5) is 0 Å². The Labute approximate surface area is 116 Å². The topological polar surface area (TPSA) is 41.8 Å². The maximum atomic E-state index is 9.49. The van der Waals surface area contributed by atoms with Gasteiger partial charge in [0, 0.05) is 10.4 Å². The van der Waals surface area contributed by atoms with Gasteiger partial charge in [-0.15, -0.1) is 11.3 Å². The molecule has 1 aromatic heterocycles. The Balaban J connectivity index is 1.88. The lowest BCUT2D eigenvalue weighted by atomic mass is 10.1. The van der Waals surface area contributed by atoms with Crippen LogP contribution >= 0.6 is 11.3 Å². The molecule has 2 heterocycles. The van der Waals surface area contributed by atoms with E-state index in [1.807, 2.05) is 30.3 Å². The summed E-state index contributed by atoms with van der Waals surface area (Å²) in [6.45, 7) is 2.06. The molecule has 2 atom stereocenters. The summed E-state index contributed by atoms with van der Waals surface area (Å²) in [4.78, 5) is 5.61. The number of aliphatic hydroxyl groups excluding tert-OH is 1. The van der Waals surface area contributed by atoms with Crippen molar-refractivity contribution in [2.45, 2.75) is 19.1 Å². The molecule has 0 saturated carbocycles. The highest BCUT2D eigenvalue weighted by molar-refractivity contribution is 7.10. The fraction of sp³-hybridized carbons (Fsp3) is 0.267. The van der Waals surface area contributed by atoms with Crippen LogP contribution in [0.15, 0.2) is 46.8 Å². The molecule has 19 heavy (non-hydrogen) atoms. The lowest BCUT2D eigenvalue weighted by molar-refractivity contribution is 0.154. The van der Waals surface area contributed by atoms with Crippen LogP contribution in [-0.2, 0) is 4.74 Å². The maximum Gasteiger partial charge on any atom is 0.217 e. The Morgan fingerprint density at radius 2 is 2.11 bits per heavy atom. The van der Waals surface area contributed by atoms with Crippen molar-refractivity contribution >= 4 is 17.2 Å². The minimum atomic E-state index is -0.215. The Bertz CT molecular complexity index is 591. The number of benzene rings is 1. The number of aliphatic imine (C=N–C) groups is 1. The quantitative estimate of drug-likeness (QED) is 0.934. The molecule has 1 N–H and O–H groups in total. The molecule has 0 bridgehead atoms.